The van der Waals surface area contributed by atoms with Gasteiger partial charge in [0, 0.05) is 31.6 Å². The molecule has 1 saturated heterocycles. The Balaban J connectivity index is 1.81. The normalized spacial score (nSPS) is 14.9. The van der Waals surface area contributed by atoms with Crippen molar-refractivity contribution < 1.29 is 4.79 Å². The van der Waals surface area contributed by atoms with Gasteiger partial charge in [-0.25, -0.2) is 9.97 Å². The third kappa shape index (κ3) is 3.10. The Morgan fingerprint density at radius 3 is 2.89 bits per heavy atom. The molecule has 1 aliphatic heterocycles. The van der Waals surface area contributed by atoms with Crippen LogP contribution < -0.4 is 5.32 Å². The van der Waals surface area contributed by atoms with E-state index in [2.05, 4.69) is 15.3 Å². The molecule has 1 amide bonds. The predicted molar refractivity (Wildman–Crippen MR) is 70.7 cm³/mol. The van der Waals surface area contributed by atoms with E-state index in [1.165, 1.54) is 6.33 Å². The minimum absolute atomic E-state index is 0.206. The van der Waals surface area contributed by atoms with Crippen LogP contribution in [0.5, 0.6) is 0 Å². The van der Waals surface area contributed by atoms with Crippen molar-refractivity contribution in [2.45, 2.75) is 26.2 Å². The first-order valence-electron chi connectivity index (χ1n) is 6.17. The quantitative estimate of drug-likeness (QED) is 0.847. The number of nitrogens with zero attached hydrogens (tertiary/aromatic N) is 3. The number of halogens is 1. The molecule has 1 aromatic rings. The number of anilines is 1. The maximum absolute atomic E-state index is 11.8. The fourth-order valence-electron chi connectivity index (χ4n) is 2.02. The molecule has 2 rings (SSSR count). The fourth-order valence-corrected chi connectivity index (χ4v) is 2.15. The summed E-state index contributed by atoms with van der Waals surface area (Å²) in [6, 6.07) is 0. The summed E-state index contributed by atoms with van der Waals surface area (Å²) >= 11 is 5.89. The van der Waals surface area contributed by atoms with Gasteiger partial charge in [0.1, 0.15) is 17.3 Å². The van der Waals surface area contributed by atoms with E-state index >= 15 is 0 Å². The maximum atomic E-state index is 11.8. The number of hydrogen-bond acceptors (Lipinski definition) is 4. The lowest BCUT2D eigenvalue weighted by atomic mass is 10.3. The van der Waals surface area contributed by atoms with Gasteiger partial charge in [0.05, 0.1) is 0 Å². The summed E-state index contributed by atoms with van der Waals surface area (Å²) in [5.41, 5.74) is 0.813. The Labute approximate surface area is 112 Å². The first kappa shape index (κ1) is 13.1. The number of hydrogen-bond donors (Lipinski definition) is 1. The first-order chi connectivity index (χ1) is 8.68. The minimum atomic E-state index is 0.206. The molecular weight excluding hydrogens is 252 g/mol. The molecule has 0 saturated carbocycles. The molecule has 0 atom stereocenters. The van der Waals surface area contributed by atoms with Crippen LogP contribution in [0.1, 0.15) is 24.8 Å². The van der Waals surface area contributed by atoms with Crippen molar-refractivity contribution >= 4 is 23.3 Å². The van der Waals surface area contributed by atoms with Crippen molar-refractivity contribution in [1.29, 1.82) is 0 Å². The first-order valence-corrected chi connectivity index (χ1v) is 6.55. The zero-order valence-corrected chi connectivity index (χ0v) is 11.2. The van der Waals surface area contributed by atoms with Crippen molar-refractivity contribution in [3.63, 3.8) is 0 Å². The lowest BCUT2D eigenvalue weighted by molar-refractivity contribution is -0.129. The monoisotopic (exact) mass is 268 g/mol. The predicted octanol–water partition coefficient (Wildman–Crippen LogP) is 1.86. The molecule has 0 aromatic carbocycles. The molecule has 1 N–H and O–H groups in total. The molecule has 1 fully saturated rings. The summed E-state index contributed by atoms with van der Waals surface area (Å²) in [4.78, 5) is 21.7. The Morgan fingerprint density at radius 1 is 1.44 bits per heavy atom. The van der Waals surface area contributed by atoms with Gasteiger partial charge in [0.15, 0.2) is 0 Å². The summed E-state index contributed by atoms with van der Waals surface area (Å²) in [6.07, 6.45) is 4.15. The van der Waals surface area contributed by atoms with Crippen molar-refractivity contribution in [2.24, 2.45) is 0 Å². The van der Waals surface area contributed by atoms with E-state index in [0.717, 1.165) is 31.5 Å². The lowest BCUT2D eigenvalue weighted by Crippen LogP contribution is -2.29. The number of carbonyl (C=O) groups excluding carboxylic acids is 1. The van der Waals surface area contributed by atoms with Crippen LogP contribution in [0.2, 0.25) is 5.15 Å². The van der Waals surface area contributed by atoms with Crippen molar-refractivity contribution in [1.82, 2.24) is 14.9 Å². The van der Waals surface area contributed by atoms with Gasteiger partial charge in [-0.1, -0.05) is 11.6 Å². The van der Waals surface area contributed by atoms with E-state index in [4.69, 9.17) is 11.6 Å². The third-order valence-corrected chi connectivity index (χ3v) is 3.49. The number of amides is 1. The number of carbonyl (C=O) groups is 1. The zero-order valence-electron chi connectivity index (χ0n) is 10.4. The fraction of sp³-hybridized carbons (Fsp3) is 0.583. The van der Waals surface area contributed by atoms with E-state index in [-0.39, 0.29) is 5.91 Å². The Morgan fingerprint density at radius 2 is 2.17 bits per heavy atom. The van der Waals surface area contributed by atoms with Gasteiger partial charge < -0.3 is 10.2 Å². The van der Waals surface area contributed by atoms with E-state index in [0.29, 0.717) is 23.9 Å². The summed E-state index contributed by atoms with van der Waals surface area (Å²) in [5.74, 6) is 0.905. The van der Waals surface area contributed by atoms with Crippen LogP contribution in [-0.4, -0.2) is 40.4 Å². The molecule has 0 radical (unpaired) electrons. The smallest absolute Gasteiger partial charge is 0.224 e. The number of rotatable bonds is 4. The van der Waals surface area contributed by atoms with E-state index in [1.54, 1.807) is 0 Å². The molecule has 6 heteroatoms. The van der Waals surface area contributed by atoms with Gasteiger partial charge in [-0.3, -0.25) is 4.79 Å². The van der Waals surface area contributed by atoms with E-state index in [9.17, 15) is 4.79 Å². The second-order valence-electron chi connectivity index (χ2n) is 4.40. The summed E-state index contributed by atoms with van der Waals surface area (Å²) < 4.78 is 0. The van der Waals surface area contributed by atoms with Gasteiger partial charge in [-0.15, -0.1) is 0 Å². The average Bonchev–Trinajstić information content (AvgIpc) is 2.88. The standard InChI is InChI=1S/C12H17ClN4O/c1-9-11(13)15-8-16-12(9)14-5-4-10(18)17-6-2-3-7-17/h8H,2-7H2,1H3,(H,14,15,16). The minimum Gasteiger partial charge on any atom is -0.369 e. The second kappa shape index (κ2) is 6.00. The van der Waals surface area contributed by atoms with Crippen LogP contribution in [0.4, 0.5) is 5.82 Å². The molecule has 0 bridgehead atoms. The number of aromatic nitrogens is 2. The number of nitrogens with one attached hydrogen (secondary N) is 1. The van der Waals surface area contributed by atoms with E-state index in [1.807, 2.05) is 11.8 Å². The highest BCUT2D eigenvalue weighted by molar-refractivity contribution is 6.30. The molecule has 1 aliphatic rings. The second-order valence-corrected chi connectivity index (χ2v) is 4.76. The summed E-state index contributed by atoms with van der Waals surface area (Å²) in [7, 11) is 0. The Hall–Kier alpha value is -1.36. The molecule has 18 heavy (non-hydrogen) atoms. The summed E-state index contributed by atoms with van der Waals surface area (Å²) in [6.45, 7) is 4.23. The van der Waals surface area contributed by atoms with Crippen molar-refractivity contribution in [2.75, 3.05) is 25.0 Å². The van der Waals surface area contributed by atoms with Crippen LogP contribution in [0.3, 0.4) is 0 Å². The highest BCUT2D eigenvalue weighted by atomic mass is 35.5. The topological polar surface area (TPSA) is 58.1 Å². The molecule has 0 unspecified atom stereocenters. The van der Waals surface area contributed by atoms with Crippen LogP contribution in [0, 0.1) is 6.92 Å². The van der Waals surface area contributed by atoms with Gasteiger partial charge in [0.25, 0.3) is 0 Å². The van der Waals surface area contributed by atoms with Crippen LogP contribution in [-0.2, 0) is 4.79 Å². The molecule has 98 valence electrons. The molecule has 0 aliphatic carbocycles. The number of likely N-dealkylation sites (tertiary alicyclic amines) is 1. The Bertz CT molecular complexity index is 432. The SMILES string of the molecule is Cc1c(Cl)ncnc1NCCC(=O)N1CCCC1. The van der Waals surface area contributed by atoms with Gasteiger partial charge >= 0.3 is 0 Å². The van der Waals surface area contributed by atoms with Crippen molar-refractivity contribution in [3.05, 3.63) is 17.0 Å². The molecule has 1 aromatic heterocycles. The highest BCUT2D eigenvalue weighted by Crippen LogP contribution is 2.17. The summed E-state index contributed by atoms with van der Waals surface area (Å²) in [5, 5.41) is 3.57. The molecule has 5 nitrogen and oxygen atoms in total. The largest absolute Gasteiger partial charge is 0.369 e. The van der Waals surface area contributed by atoms with Gasteiger partial charge in [-0.2, -0.15) is 0 Å². The Kier molecular flexibility index (Phi) is 4.36. The van der Waals surface area contributed by atoms with E-state index < -0.39 is 0 Å². The third-order valence-electron chi connectivity index (χ3n) is 3.11. The maximum Gasteiger partial charge on any atom is 0.224 e. The average molecular weight is 269 g/mol. The molecule has 2 heterocycles. The highest BCUT2D eigenvalue weighted by Gasteiger charge is 2.17. The zero-order chi connectivity index (χ0) is 13.0. The molecule has 0 spiro atoms. The molecular formula is C12H17ClN4O. The van der Waals surface area contributed by atoms with Gasteiger partial charge in [0.2, 0.25) is 5.91 Å². The van der Waals surface area contributed by atoms with Crippen LogP contribution in [0.15, 0.2) is 6.33 Å². The van der Waals surface area contributed by atoms with Gasteiger partial charge in [-0.05, 0) is 19.8 Å². The lowest BCUT2D eigenvalue weighted by Gasteiger charge is -2.15. The van der Waals surface area contributed by atoms with Crippen molar-refractivity contribution in [3.8, 4) is 0 Å². The van der Waals surface area contributed by atoms with Crippen LogP contribution in [0.25, 0.3) is 0 Å². The van der Waals surface area contributed by atoms with Crippen LogP contribution >= 0.6 is 11.6 Å².